The van der Waals surface area contributed by atoms with Crippen LogP contribution in [-0.4, -0.2) is 13.0 Å². The minimum Gasteiger partial charge on any atom is -0.496 e. The largest absolute Gasteiger partial charge is 0.496 e. The topological polar surface area (TPSA) is 38.3 Å². The number of carbonyl (C=O) groups excluding carboxylic acids is 1. The molecule has 0 radical (unpaired) electrons. The molecule has 0 aromatic heterocycles. The van der Waals surface area contributed by atoms with Gasteiger partial charge in [0.25, 0.3) is 0 Å². The highest BCUT2D eigenvalue weighted by Gasteiger charge is 2.07. The third kappa shape index (κ3) is 4.60. The monoisotopic (exact) mass is 393 g/mol. The fourth-order valence-electron chi connectivity index (χ4n) is 2.20. The van der Waals surface area contributed by atoms with Gasteiger partial charge in [-0.3, -0.25) is 4.79 Å². The van der Waals surface area contributed by atoms with Crippen molar-refractivity contribution in [1.82, 2.24) is 0 Å². The van der Waals surface area contributed by atoms with Gasteiger partial charge in [0, 0.05) is 6.08 Å². The first-order chi connectivity index (χ1) is 10.9. The van der Waals surface area contributed by atoms with Crippen LogP contribution in [0, 0.1) is 13.8 Å². The molecule has 0 saturated carbocycles. The van der Waals surface area contributed by atoms with Crippen LogP contribution >= 0.6 is 27.5 Å². The number of carbonyl (C=O) groups is 1. The van der Waals surface area contributed by atoms with E-state index >= 15 is 0 Å². The first-order valence-electron chi connectivity index (χ1n) is 7.00. The standard InChI is InChI=1S/C18H17BrClNO2/c1-11-8-12(2)18(15(20)9-11)21-17(22)7-5-13-4-6-16(23-3)14(19)10-13/h4-10H,1-3H3,(H,21,22). The second kappa shape index (κ2) is 7.66. The molecule has 0 heterocycles. The lowest BCUT2D eigenvalue weighted by atomic mass is 10.1. The number of hydrogen-bond donors (Lipinski definition) is 1. The SMILES string of the molecule is COc1ccc(C=CC(=O)Nc2c(C)cc(C)cc2Cl)cc1Br. The van der Waals surface area contributed by atoms with Crippen LogP contribution in [-0.2, 0) is 4.79 Å². The Labute approximate surface area is 149 Å². The third-order valence-electron chi connectivity index (χ3n) is 3.28. The summed E-state index contributed by atoms with van der Waals surface area (Å²) >= 11 is 9.61. The Morgan fingerprint density at radius 3 is 2.61 bits per heavy atom. The van der Waals surface area contributed by atoms with Crippen LogP contribution in [0.2, 0.25) is 5.02 Å². The number of halogens is 2. The molecule has 120 valence electrons. The molecule has 0 aliphatic carbocycles. The van der Waals surface area contributed by atoms with Crippen molar-refractivity contribution in [3.63, 3.8) is 0 Å². The summed E-state index contributed by atoms with van der Waals surface area (Å²) in [6.45, 7) is 3.88. The molecule has 1 N–H and O–H groups in total. The summed E-state index contributed by atoms with van der Waals surface area (Å²) in [5, 5.41) is 3.36. The third-order valence-corrected chi connectivity index (χ3v) is 4.20. The van der Waals surface area contributed by atoms with Crippen LogP contribution in [0.4, 0.5) is 5.69 Å². The first-order valence-corrected chi connectivity index (χ1v) is 8.17. The number of methoxy groups -OCH3 is 1. The molecule has 0 aliphatic rings. The van der Waals surface area contributed by atoms with Crippen molar-refractivity contribution in [3.8, 4) is 5.75 Å². The van der Waals surface area contributed by atoms with Gasteiger partial charge in [0.15, 0.2) is 0 Å². The Hall–Kier alpha value is -1.78. The van der Waals surface area contributed by atoms with E-state index < -0.39 is 0 Å². The number of benzene rings is 2. The van der Waals surface area contributed by atoms with E-state index in [1.807, 2.05) is 44.2 Å². The maximum Gasteiger partial charge on any atom is 0.248 e. The van der Waals surface area contributed by atoms with E-state index in [1.165, 1.54) is 6.08 Å². The number of aryl methyl sites for hydroxylation is 2. The first kappa shape index (κ1) is 17.6. The van der Waals surface area contributed by atoms with Gasteiger partial charge in [-0.25, -0.2) is 0 Å². The van der Waals surface area contributed by atoms with Crippen molar-refractivity contribution in [2.24, 2.45) is 0 Å². The molecule has 0 spiro atoms. The lowest BCUT2D eigenvalue weighted by Gasteiger charge is -2.10. The molecule has 3 nitrogen and oxygen atoms in total. The predicted molar refractivity (Wildman–Crippen MR) is 99.3 cm³/mol. The van der Waals surface area contributed by atoms with E-state index in [-0.39, 0.29) is 5.91 Å². The summed E-state index contributed by atoms with van der Waals surface area (Å²) in [6, 6.07) is 9.40. The molecule has 5 heteroatoms. The summed E-state index contributed by atoms with van der Waals surface area (Å²) in [7, 11) is 1.61. The zero-order chi connectivity index (χ0) is 17.0. The van der Waals surface area contributed by atoms with Crippen LogP contribution in [0.3, 0.4) is 0 Å². The van der Waals surface area contributed by atoms with Gasteiger partial charge in [0.1, 0.15) is 5.75 Å². The Morgan fingerprint density at radius 1 is 1.26 bits per heavy atom. The van der Waals surface area contributed by atoms with Gasteiger partial charge in [0.2, 0.25) is 5.91 Å². The molecule has 0 saturated heterocycles. The highest BCUT2D eigenvalue weighted by Crippen LogP contribution is 2.28. The summed E-state index contributed by atoms with van der Waals surface area (Å²) in [5.41, 5.74) is 3.52. The molecule has 2 aromatic rings. The molecule has 23 heavy (non-hydrogen) atoms. The van der Waals surface area contributed by atoms with Gasteiger partial charge in [-0.1, -0.05) is 23.7 Å². The van der Waals surface area contributed by atoms with Gasteiger partial charge in [-0.15, -0.1) is 0 Å². The minimum absolute atomic E-state index is 0.231. The van der Waals surface area contributed by atoms with E-state index in [2.05, 4.69) is 21.2 Å². The second-order valence-corrected chi connectivity index (χ2v) is 6.42. The molecule has 2 aromatic carbocycles. The van der Waals surface area contributed by atoms with Crippen LogP contribution in [0.25, 0.3) is 6.08 Å². The maximum absolute atomic E-state index is 12.1. The van der Waals surface area contributed by atoms with Gasteiger partial charge in [-0.2, -0.15) is 0 Å². The Balaban J connectivity index is 2.12. The highest BCUT2D eigenvalue weighted by atomic mass is 79.9. The van der Waals surface area contributed by atoms with E-state index in [0.717, 1.165) is 26.9 Å². The Kier molecular flexibility index (Phi) is 5.85. The summed E-state index contributed by atoms with van der Waals surface area (Å²) in [4.78, 5) is 12.1. The van der Waals surface area contributed by atoms with Crippen molar-refractivity contribution in [2.75, 3.05) is 12.4 Å². The van der Waals surface area contributed by atoms with Crippen LogP contribution in [0.15, 0.2) is 40.9 Å². The summed E-state index contributed by atoms with van der Waals surface area (Å²) in [5.74, 6) is 0.513. The van der Waals surface area contributed by atoms with Crippen molar-refractivity contribution < 1.29 is 9.53 Å². The fraction of sp³-hybridized carbons (Fsp3) is 0.167. The number of hydrogen-bond acceptors (Lipinski definition) is 2. The quantitative estimate of drug-likeness (QED) is 0.707. The lowest BCUT2D eigenvalue weighted by molar-refractivity contribution is -0.111. The molecular formula is C18H17BrClNO2. The van der Waals surface area contributed by atoms with E-state index in [4.69, 9.17) is 16.3 Å². The Bertz CT molecular complexity index is 749. The molecule has 0 unspecified atom stereocenters. The highest BCUT2D eigenvalue weighted by molar-refractivity contribution is 9.10. The molecule has 1 amide bonds. The summed E-state index contributed by atoms with van der Waals surface area (Å²) < 4.78 is 6.01. The molecular weight excluding hydrogens is 378 g/mol. The van der Waals surface area contributed by atoms with Gasteiger partial charge in [-0.05, 0) is 70.7 Å². The van der Waals surface area contributed by atoms with Crippen molar-refractivity contribution in [2.45, 2.75) is 13.8 Å². The molecule has 0 fully saturated rings. The predicted octanol–water partition coefficient (Wildman–Crippen LogP) is 5.38. The van der Waals surface area contributed by atoms with Crippen molar-refractivity contribution in [1.29, 1.82) is 0 Å². The van der Waals surface area contributed by atoms with E-state index in [9.17, 15) is 4.79 Å². The Morgan fingerprint density at radius 2 is 2.00 bits per heavy atom. The zero-order valence-corrected chi connectivity index (χ0v) is 15.5. The molecule has 0 atom stereocenters. The van der Waals surface area contributed by atoms with Crippen LogP contribution in [0.5, 0.6) is 5.75 Å². The average Bonchev–Trinajstić information content (AvgIpc) is 2.49. The van der Waals surface area contributed by atoms with E-state index in [0.29, 0.717) is 10.7 Å². The number of nitrogens with one attached hydrogen (secondary N) is 1. The maximum atomic E-state index is 12.1. The number of ether oxygens (including phenoxy) is 1. The van der Waals surface area contributed by atoms with E-state index in [1.54, 1.807) is 13.2 Å². The lowest BCUT2D eigenvalue weighted by Crippen LogP contribution is -2.09. The smallest absolute Gasteiger partial charge is 0.248 e. The normalized spacial score (nSPS) is 10.8. The molecule has 2 rings (SSSR count). The molecule has 0 bridgehead atoms. The number of amides is 1. The van der Waals surface area contributed by atoms with Crippen LogP contribution < -0.4 is 10.1 Å². The second-order valence-electron chi connectivity index (χ2n) is 5.16. The fourth-order valence-corrected chi connectivity index (χ4v) is 3.12. The number of rotatable bonds is 4. The number of anilines is 1. The van der Waals surface area contributed by atoms with Crippen LogP contribution in [0.1, 0.15) is 16.7 Å². The van der Waals surface area contributed by atoms with Gasteiger partial charge < -0.3 is 10.1 Å². The minimum atomic E-state index is -0.231. The van der Waals surface area contributed by atoms with Gasteiger partial charge in [0.05, 0.1) is 22.3 Å². The summed E-state index contributed by atoms with van der Waals surface area (Å²) in [6.07, 6.45) is 3.21. The van der Waals surface area contributed by atoms with Gasteiger partial charge >= 0.3 is 0 Å². The zero-order valence-electron chi connectivity index (χ0n) is 13.1. The molecule has 0 aliphatic heterocycles. The average molecular weight is 395 g/mol. The van der Waals surface area contributed by atoms with Crippen molar-refractivity contribution >= 4 is 45.2 Å². The van der Waals surface area contributed by atoms with Crippen molar-refractivity contribution in [3.05, 3.63) is 62.6 Å².